The van der Waals surface area contributed by atoms with Gasteiger partial charge >= 0.3 is 0 Å². The van der Waals surface area contributed by atoms with Crippen molar-refractivity contribution in [3.63, 3.8) is 0 Å². The molecule has 1 amide bonds. The van der Waals surface area contributed by atoms with E-state index in [0.29, 0.717) is 29.0 Å². The number of amides is 1. The van der Waals surface area contributed by atoms with E-state index in [4.69, 9.17) is 21.1 Å². The summed E-state index contributed by atoms with van der Waals surface area (Å²) in [6.07, 6.45) is 4.96. The lowest BCUT2D eigenvalue weighted by Gasteiger charge is -2.12. The van der Waals surface area contributed by atoms with E-state index in [1.807, 2.05) is 42.6 Å². The first kappa shape index (κ1) is 19.7. The molecule has 0 fully saturated rings. The highest BCUT2D eigenvalue weighted by molar-refractivity contribution is 6.32. The molecule has 1 atom stereocenters. The van der Waals surface area contributed by atoms with Gasteiger partial charge in [0.05, 0.1) is 24.8 Å². The molecule has 0 spiro atoms. The second kappa shape index (κ2) is 8.75. The lowest BCUT2D eigenvalue weighted by Crippen LogP contribution is -2.26. The molecule has 1 unspecified atom stereocenters. The molecular weight excluding hydrogens is 380 g/mol. The molecule has 2 heterocycles. The standard InChI is InChI=1S/C20H21ClN4O3/c1-4-28-16-12-14(11-15(21)19(16)27-3)8-9-18(26)22-13(2)20-24-23-17-7-5-6-10-25(17)20/h5-13H,4H2,1-3H3,(H,22,26)/b9-8+. The summed E-state index contributed by atoms with van der Waals surface area (Å²) in [5, 5.41) is 11.5. The lowest BCUT2D eigenvalue weighted by atomic mass is 10.2. The summed E-state index contributed by atoms with van der Waals surface area (Å²) in [4.78, 5) is 12.3. The Morgan fingerprint density at radius 3 is 2.93 bits per heavy atom. The number of hydrogen-bond donors (Lipinski definition) is 1. The van der Waals surface area contributed by atoms with Crippen LogP contribution in [0.1, 0.15) is 31.3 Å². The van der Waals surface area contributed by atoms with Gasteiger partial charge in [0.15, 0.2) is 23.0 Å². The van der Waals surface area contributed by atoms with E-state index < -0.39 is 0 Å². The number of fused-ring (bicyclic) bond motifs is 1. The van der Waals surface area contributed by atoms with E-state index >= 15 is 0 Å². The van der Waals surface area contributed by atoms with Crippen molar-refractivity contribution in [2.75, 3.05) is 13.7 Å². The van der Waals surface area contributed by atoms with Crippen LogP contribution in [0.5, 0.6) is 11.5 Å². The summed E-state index contributed by atoms with van der Waals surface area (Å²) in [5.41, 5.74) is 1.45. The van der Waals surface area contributed by atoms with Gasteiger partial charge in [-0.25, -0.2) is 0 Å². The number of aromatic nitrogens is 3. The topological polar surface area (TPSA) is 77.8 Å². The molecule has 146 valence electrons. The van der Waals surface area contributed by atoms with Crippen molar-refractivity contribution in [1.29, 1.82) is 0 Å². The third kappa shape index (κ3) is 4.26. The normalized spacial score (nSPS) is 12.3. The number of ether oxygens (including phenoxy) is 2. The van der Waals surface area contributed by atoms with E-state index in [2.05, 4.69) is 15.5 Å². The molecule has 0 saturated carbocycles. The largest absolute Gasteiger partial charge is 0.491 e. The highest BCUT2D eigenvalue weighted by Crippen LogP contribution is 2.36. The average molecular weight is 401 g/mol. The molecule has 3 rings (SSSR count). The van der Waals surface area contributed by atoms with Crippen molar-refractivity contribution in [3.8, 4) is 11.5 Å². The van der Waals surface area contributed by atoms with Gasteiger partial charge in [-0.15, -0.1) is 10.2 Å². The van der Waals surface area contributed by atoms with Gasteiger partial charge in [0.25, 0.3) is 0 Å². The number of halogens is 1. The number of carbonyl (C=O) groups is 1. The molecular formula is C20H21ClN4O3. The minimum Gasteiger partial charge on any atom is -0.491 e. The molecule has 7 nitrogen and oxygen atoms in total. The van der Waals surface area contributed by atoms with E-state index in [1.54, 1.807) is 18.2 Å². The molecule has 2 aromatic heterocycles. The second-order valence-corrected chi connectivity index (χ2v) is 6.42. The van der Waals surface area contributed by atoms with Crippen LogP contribution in [0.3, 0.4) is 0 Å². The fourth-order valence-corrected chi connectivity index (χ4v) is 3.09. The Morgan fingerprint density at radius 1 is 1.36 bits per heavy atom. The van der Waals surface area contributed by atoms with Crippen LogP contribution < -0.4 is 14.8 Å². The SMILES string of the molecule is CCOc1cc(/C=C/C(=O)NC(C)c2nnc3ccccn23)cc(Cl)c1OC. The van der Waals surface area contributed by atoms with E-state index in [0.717, 1.165) is 11.2 Å². The summed E-state index contributed by atoms with van der Waals surface area (Å²) in [6, 6.07) is 8.80. The molecule has 0 aliphatic rings. The summed E-state index contributed by atoms with van der Waals surface area (Å²) in [6.45, 7) is 4.20. The summed E-state index contributed by atoms with van der Waals surface area (Å²) < 4.78 is 12.7. The Morgan fingerprint density at radius 2 is 2.18 bits per heavy atom. The third-order valence-electron chi connectivity index (χ3n) is 4.05. The molecule has 0 radical (unpaired) electrons. The first-order valence-electron chi connectivity index (χ1n) is 8.82. The highest BCUT2D eigenvalue weighted by atomic mass is 35.5. The number of nitrogens with one attached hydrogen (secondary N) is 1. The van der Waals surface area contributed by atoms with Crippen molar-refractivity contribution in [2.24, 2.45) is 0 Å². The fourth-order valence-electron chi connectivity index (χ4n) is 2.80. The Balaban J connectivity index is 1.73. The van der Waals surface area contributed by atoms with Crippen LogP contribution >= 0.6 is 11.6 Å². The van der Waals surface area contributed by atoms with Crippen molar-refractivity contribution < 1.29 is 14.3 Å². The fraction of sp³-hybridized carbons (Fsp3) is 0.250. The van der Waals surface area contributed by atoms with Crippen LogP contribution in [-0.4, -0.2) is 34.2 Å². The van der Waals surface area contributed by atoms with Crippen molar-refractivity contribution >= 4 is 29.2 Å². The van der Waals surface area contributed by atoms with Crippen LogP contribution in [0.2, 0.25) is 5.02 Å². The van der Waals surface area contributed by atoms with E-state index in [1.165, 1.54) is 13.2 Å². The first-order chi connectivity index (χ1) is 13.5. The van der Waals surface area contributed by atoms with E-state index in [-0.39, 0.29) is 11.9 Å². The monoisotopic (exact) mass is 400 g/mol. The quantitative estimate of drug-likeness (QED) is 0.612. The van der Waals surface area contributed by atoms with Gasteiger partial charge in [-0.2, -0.15) is 0 Å². The summed E-state index contributed by atoms with van der Waals surface area (Å²) in [7, 11) is 1.53. The number of pyridine rings is 1. The predicted molar refractivity (Wildman–Crippen MR) is 108 cm³/mol. The Kier molecular flexibility index (Phi) is 6.16. The van der Waals surface area contributed by atoms with E-state index in [9.17, 15) is 4.79 Å². The van der Waals surface area contributed by atoms with Crippen LogP contribution in [0.4, 0.5) is 0 Å². The van der Waals surface area contributed by atoms with Crippen LogP contribution in [0, 0.1) is 0 Å². The van der Waals surface area contributed by atoms with Crippen LogP contribution in [0.25, 0.3) is 11.7 Å². The maximum absolute atomic E-state index is 12.3. The number of carbonyl (C=O) groups excluding carboxylic acids is 1. The van der Waals surface area contributed by atoms with Crippen LogP contribution in [-0.2, 0) is 4.79 Å². The maximum atomic E-state index is 12.3. The van der Waals surface area contributed by atoms with Gasteiger partial charge < -0.3 is 14.8 Å². The predicted octanol–water partition coefficient (Wildman–Crippen LogP) is 3.68. The van der Waals surface area contributed by atoms with Gasteiger partial charge in [-0.05, 0) is 49.8 Å². The molecule has 1 N–H and O–H groups in total. The zero-order valence-corrected chi connectivity index (χ0v) is 16.6. The molecule has 1 aromatic carbocycles. The molecule has 28 heavy (non-hydrogen) atoms. The number of rotatable bonds is 7. The van der Waals surface area contributed by atoms with Crippen molar-refractivity contribution in [3.05, 3.63) is 59.0 Å². The van der Waals surface area contributed by atoms with Gasteiger partial charge in [-0.1, -0.05) is 17.7 Å². The lowest BCUT2D eigenvalue weighted by molar-refractivity contribution is -0.117. The second-order valence-electron chi connectivity index (χ2n) is 6.02. The van der Waals surface area contributed by atoms with Crippen molar-refractivity contribution in [1.82, 2.24) is 19.9 Å². The average Bonchev–Trinajstić information content (AvgIpc) is 3.11. The zero-order valence-electron chi connectivity index (χ0n) is 15.8. The molecule has 0 saturated heterocycles. The Hall–Kier alpha value is -3.06. The number of hydrogen-bond acceptors (Lipinski definition) is 5. The van der Waals surface area contributed by atoms with Gasteiger partial charge in [0.1, 0.15) is 0 Å². The third-order valence-corrected chi connectivity index (χ3v) is 4.33. The van der Waals surface area contributed by atoms with Crippen molar-refractivity contribution in [2.45, 2.75) is 19.9 Å². The summed E-state index contributed by atoms with van der Waals surface area (Å²) in [5.74, 6) is 1.40. The Bertz CT molecular complexity index is 1020. The molecule has 3 aromatic rings. The van der Waals surface area contributed by atoms with Gasteiger partial charge in [0.2, 0.25) is 5.91 Å². The van der Waals surface area contributed by atoms with Gasteiger partial charge in [-0.3, -0.25) is 9.20 Å². The minimum absolute atomic E-state index is 0.259. The molecule has 0 bridgehead atoms. The molecule has 0 aliphatic heterocycles. The summed E-state index contributed by atoms with van der Waals surface area (Å²) >= 11 is 6.24. The smallest absolute Gasteiger partial charge is 0.244 e. The van der Waals surface area contributed by atoms with Gasteiger partial charge in [0, 0.05) is 12.3 Å². The zero-order chi connectivity index (χ0) is 20.1. The number of benzene rings is 1. The Labute approximate surface area is 167 Å². The minimum atomic E-state index is -0.312. The number of methoxy groups -OCH3 is 1. The maximum Gasteiger partial charge on any atom is 0.244 e. The first-order valence-corrected chi connectivity index (χ1v) is 9.19. The molecule has 0 aliphatic carbocycles. The van der Waals surface area contributed by atoms with Crippen LogP contribution in [0.15, 0.2) is 42.6 Å². The molecule has 8 heteroatoms. The highest BCUT2D eigenvalue weighted by Gasteiger charge is 2.15. The number of nitrogens with zero attached hydrogens (tertiary/aromatic N) is 3.